The molecular formula is C13H16BrIN2O. The molecule has 1 amide bonds. The quantitative estimate of drug-likeness (QED) is 0.745. The minimum atomic E-state index is 0.121. The third kappa shape index (κ3) is 3.24. The second-order valence-electron chi connectivity index (χ2n) is 4.60. The number of carbonyl (C=O) groups is 1. The summed E-state index contributed by atoms with van der Waals surface area (Å²) in [5, 5.41) is 0. The molecule has 1 heterocycles. The highest BCUT2D eigenvalue weighted by Gasteiger charge is 2.24. The van der Waals surface area contributed by atoms with Crippen molar-refractivity contribution >= 4 is 44.4 Å². The Balaban J connectivity index is 2.10. The Morgan fingerprint density at radius 2 is 2.11 bits per heavy atom. The van der Waals surface area contributed by atoms with Crippen molar-refractivity contribution in [3.63, 3.8) is 0 Å². The van der Waals surface area contributed by atoms with E-state index in [4.69, 9.17) is 5.73 Å². The van der Waals surface area contributed by atoms with Gasteiger partial charge in [-0.1, -0.05) is 0 Å². The highest BCUT2D eigenvalue weighted by atomic mass is 127. The van der Waals surface area contributed by atoms with Crippen LogP contribution in [0.3, 0.4) is 0 Å². The number of carbonyl (C=O) groups excluding carboxylic acids is 1. The lowest BCUT2D eigenvalue weighted by molar-refractivity contribution is 0.0692. The number of rotatable bonds is 2. The van der Waals surface area contributed by atoms with Crippen molar-refractivity contribution in [1.29, 1.82) is 0 Å². The fraction of sp³-hybridized carbons (Fsp3) is 0.462. The molecule has 1 saturated heterocycles. The van der Waals surface area contributed by atoms with Gasteiger partial charge in [0, 0.05) is 21.1 Å². The van der Waals surface area contributed by atoms with Crippen LogP contribution in [0.5, 0.6) is 0 Å². The lowest BCUT2D eigenvalue weighted by Gasteiger charge is -2.31. The van der Waals surface area contributed by atoms with Gasteiger partial charge in [0.05, 0.1) is 5.56 Å². The van der Waals surface area contributed by atoms with E-state index in [2.05, 4.69) is 38.5 Å². The Bertz CT molecular complexity index is 445. The standard InChI is InChI=1S/C13H16BrIN2O/c14-12-2-1-10(15)7-11(12)13(18)17-5-3-9(8-16)4-6-17/h1-2,7,9H,3-6,8,16H2. The second kappa shape index (κ2) is 6.34. The van der Waals surface area contributed by atoms with Crippen molar-refractivity contribution in [3.8, 4) is 0 Å². The van der Waals surface area contributed by atoms with Crippen LogP contribution in [0.15, 0.2) is 22.7 Å². The fourth-order valence-corrected chi connectivity index (χ4v) is 3.11. The molecule has 1 aliphatic rings. The van der Waals surface area contributed by atoms with E-state index in [1.807, 2.05) is 23.1 Å². The van der Waals surface area contributed by atoms with Crippen molar-refractivity contribution in [2.75, 3.05) is 19.6 Å². The fourth-order valence-electron chi connectivity index (χ4n) is 2.20. The molecule has 1 aromatic rings. The van der Waals surface area contributed by atoms with Crippen molar-refractivity contribution < 1.29 is 4.79 Å². The molecule has 2 rings (SSSR count). The third-order valence-electron chi connectivity index (χ3n) is 3.39. The number of benzene rings is 1. The Labute approximate surface area is 129 Å². The van der Waals surface area contributed by atoms with Gasteiger partial charge in [-0.25, -0.2) is 0 Å². The van der Waals surface area contributed by atoms with E-state index in [9.17, 15) is 4.79 Å². The summed E-state index contributed by atoms with van der Waals surface area (Å²) >= 11 is 5.68. The normalized spacial score (nSPS) is 16.9. The van der Waals surface area contributed by atoms with Crippen LogP contribution in [0, 0.1) is 9.49 Å². The predicted octanol–water partition coefficient (Wildman–Crippen LogP) is 2.86. The summed E-state index contributed by atoms with van der Waals surface area (Å²) in [6.07, 6.45) is 2.04. The monoisotopic (exact) mass is 422 g/mol. The largest absolute Gasteiger partial charge is 0.339 e. The summed E-state index contributed by atoms with van der Waals surface area (Å²) in [7, 11) is 0. The molecule has 0 aliphatic carbocycles. The number of nitrogens with two attached hydrogens (primary N) is 1. The van der Waals surface area contributed by atoms with Crippen molar-refractivity contribution in [2.45, 2.75) is 12.8 Å². The summed E-state index contributed by atoms with van der Waals surface area (Å²) in [5.74, 6) is 0.698. The number of likely N-dealkylation sites (tertiary alicyclic amines) is 1. The summed E-state index contributed by atoms with van der Waals surface area (Å²) in [6, 6.07) is 5.85. The van der Waals surface area contributed by atoms with Gasteiger partial charge in [-0.2, -0.15) is 0 Å². The van der Waals surface area contributed by atoms with Crippen LogP contribution in [-0.4, -0.2) is 30.4 Å². The number of hydrogen-bond acceptors (Lipinski definition) is 2. The first-order valence-electron chi connectivity index (χ1n) is 6.06. The van der Waals surface area contributed by atoms with Crippen LogP contribution < -0.4 is 5.73 Å². The van der Waals surface area contributed by atoms with Gasteiger partial charge in [-0.3, -0.25) is 4.79 Å². The van der Waals surface area contributed by atoms with Gasteiger partial charge >= 0.3 is 0 Å². The smallest absolute Gasteiger partial charge is 0.255 e. The van der Waals surface area contributed by atoms with Gasteiger partial charge < -0.3 is 10.6 Å². The molecule has 0 radical (unpaired) electrons. The second-order valence-corrected chi connectivity index (χ2v) is 6.70. The van der Waals surface area contributed by atoms with Crippen LogP contribution in [0.25, 0.3) is 0 Å². The molecule has 0 atom stereocenters. The van der Waals surface area contributed by atoms with Crippen molar-refractivity contribution in [1.82, 2.24) is 4.90 Å². The lowest BCUT2D eigenvalue weighted by atomic mass is 9.96. The molecule has 2 N–H and O–H groups in total. The third-order valence-corrected chi connectivity index (χ3v) is 4.76. The van der Waals surface area contributed by atoms with E-state index in [1.165, 1.54) is 0 Å². The molecule has 1 fully saturated rings. The van der Waals surface area contributed by atoms with Crippen LogP contribution >= 0.6 is 38.5 Å². The van der Waals surface area contributed by atoms with Crippen LogP contribution in [-0.2, 0) is 0 Å². The number of piperidine rings is 1. The average molecular weight is 423 g/mol. The lowest BCUT2D eigenvalue weighted by Crippen LogP contribution is -2.40. The van der Waals surface area contributed by atoms with Gasteiger partial charge in [0.1, 0.15) is 0 Å². The molecule has 0 spiro atoms. The Morgan fingerprint density at radius 3 is 2.72 bits per heavy atom. The average Bonchev–Trinajstić information content (AvgIpc) is 2.41. The Hall–Kier alpha value is -0.140. The number of nitrogens with zero attached hydrogens (tertiary/aromatic N) is 1. The van der Waals surface area contributed by atoms with E-state index < -0.39 is 0 Å². The first-order chi connectivity index (χ1) is 8.61. The van der Waals surface area contributed by atoms with Crippen LogP contribution in [0.1, 0.15) is 23.2 Å². The SMILES string of the molecule is NCC1CCN(C(=O)c2cc(I)ccc2Br)CC1. The molecule has 1 aromatic carbocycles. The first kappa shape index (κ1) is 14.3. The molecule has 0 saturated carbocycles. The maximum atomic E-state index is 12.4. The summed E-state index contributed by atoms with van der Waals surface area (Å²) in [4.78, 5) is 14.4. The van der Waals surface area contributed by atoms with Gasteiger partial charge in [0.25, 0.3) is 5.91 Å². The van der Waals surface area contributed by atoms with E-state index >= 15 is 0 Å². The van der Waals surface area contributed by atoms with Crippen molar-refractivity contribution in [3.05, 3.63) is 31.8 Å². The van der Waals surface area contributed by atoms with E-state index in [0.717, 1.165) is 46.1 Å². The van der Waals surface area contributed by atoms with Gasteiger partial charge in [0.15, 0.2) is 0 Å². The molecule has 0 unspecified atom stereocenters. The molecule has 3 nitrogen and oxygen atoms in total. The molecule has 98 valence electrons. The summed E-state index contributed by atoms with van der Waals surface area (Å²) in [6.45, 7) is 2.37. The maximum Gasteiger partial charge on any atom is 0.255 e. The molecule has 18 heavy (non-hydrogen) atoms. The highest BCUT2D eigenvalue weighted by molar-refractivity contribution is 14.1. The molecular weight excluding hydrogens is 407 g/mol. The van der Waals surface area contributed by atoms with Crippen LogP contribution in [0.4, 0.5) is 0 Å². The zero-order chi connectivity index (χ0) is 13.1. The minimum Gasteiger partial charge on any atom is -0.339 e. The zero-order valence-electron chi connectivity index (χ0n) is 10.0. The maximum absolute atomic E-state index is 12.4. The van der Waals surface area contributed by atoms with E-state index in [0.29, 0.717) is 5.92 Å². The van der Waals surface area contributed by atoms with E-state index in [-0.39, 0.29) is 5.91 Å². The topological polar surface area (TPSA) is 46.3 Å². The number of halogens is 2. The predicted molar refractivity (Wildman–Crippen MR) is 84.5 cm³/mol. The number of hydrogen-bond donors (Lipinski definition) is 1. The Kier molecular flexibility index (Phi) is 5.03. The van der Waals surface area contributed by atoms with Crippen LogP contribution in [0.2, 0.25) is 0 Å². The van der Waals surface area contributed by atoms with Gasteiger partial charge in [-0.05, 0) is 82.0 Å². The first-order valence-corrected chi connectivity index (χ1v) is 7.93. The summed E-state index contributed by atoms with van der Waals surface area (Å²) < 4.78 is 1.95. The highest BCUT2D eigenvalue weighted by Crippen LogP contribution is 2.23. The molecule has 5 heteroatoms. The number of amides is 1. The van der Waals surface area contributed by atoms with Gasteiger partial charge in [0.2, 0.25) is 0 Å². The summed E-state index contributed by atoms with van der Waals surface area (Å²) in [5.41, 5.74) is 6.43. The molecule has 1 aliphatic heterocycles. The van der Waals surface area contributed by atoms with Crippen molar-refractivity contribution in [2.24, 2.45) is 11.7 Å². The Morgan fingerprint density at radius 1 is 1.44 bits per heavy atom. The zero-order valence-corrected chi connectivity index (χ0v) is 13.8. The van der Waals surface area contributed by atoms with Gasteiger partial charge in [-0.15, -0.1) is 0 Å². The minimum absolute atomic E-state index is 0.121. The molecule has 0 aromatic heterocycles. The van der Waals surface area contributed by atoms with E-state index in [1.54, 1.807) is 0 Å². The molecule has 0 bridgehead atoms.